The van der Waals surface area contributed by atoms with Gasteiger partial charge in [0.2, 0.25) is 0 Å². The number of carboxylic acid groups (broad SMARTS) is 1. The van der Waals surface area contributed by atoms with Gasteiger partial charge in [0.1, 0.15) is 16.9 Å². The molecule has 8 heteroatoms. The van der Waals surface area contributed by atoms with Crippen LogP contribution >= 0.6 is 90.4 Å². The van der Waals surface area contributed by atoms with Gasteiger partial charge in [-0.1, -0.05) is 13.3 Å². The van der Waals surface area contributed by atoms with Crippen molar-refractivity contribution in [2.75, 3.05) is 0 Å². The van der Waals surface area contributed by atoms with Crippen molar-refractivity contribution in [1.29, 1.82) is 0 Å². The second-order valence-electron chi connectivity index (χ2n) is 5.54. The number of hydrogen-bond donors (Lipinski definition) is 3. The average molecular weight is 790 g/mol. The van der Waals surface area contributed by atoms with Gasteiger partial charge in [0, 0.05) is 0 Å². The molecule has 0 atom stereocenters. The molecule has 0 bridgehead atoms. The van der Waals surface area contributed by atoms with Crippen LogP contribution < -0.4 is 0 Å². The third kappa shape index (κ3) is 4.15. The Morgan fingerprint density at radius 2 is 1.20 bits per heavy atom. The molecule has 0 aliphatic heterocycles. The predicted octanol–water partition coefficient (Wildman–Crippen LogP) is 5.69. The van der Waals surface area contributed by atoms with Crippen molar-refractivity contribution >= 4 is 96.3 Å². The topological polar surface area (TPSA) is 77.8 Å². The van der Waals surface area contributed by atoms with E-state index in [1.165, 1.54) is 0 Å². The molecule has 0 heterocycles. The number of phenolic OH excluding ortho intramolecular Hbond substituents is 2. The first-order valence-electron chi connectivity index (χ1n) is 7.25. The number of carboxylic acids is 1. The standard InChI is InChI=1S/C17H14I4O4/c1-2-3-17(16(24)25,8-4-10(18)14(22)11(19)5-8)9-6-12(20)15(23)13(21)7-9/h4-7,22-23H,2-3H2,1H3,(H,24,25). The highest BCUT2D eigenvalue weighted by molar-refractivity contribution is 14.1. The molecule has 0 saturated heterocycles. The maximum absolute atomic E-state index is 12.5. The van der Waals surface area contributed by atoms with E-state index in [2.05, 4.69) is 0 Å². The fraction of sp³-hybridized carbons (Fsp3) is 0.235. The minimum Gasteiger partial charge on any atom is -0.506 e. The first kappa shape index (κ1) is 21.7. The molecule has 4 nitrogen and oxygen atoms in total. The number of aliphatic carboxylic acids is 1. The van der Waals surface area contributed by atoms with Crippen LogP contribution in [0.15, 0.2) is 24.3 Å². The highest BCUT2D eigenvalue weighted by Gasteiger charge is 2.42. The van der Waals surface area contributed by atoms with Gasteiger partial charge in [0.25, 0.3) is 0 Å². The van der Waals surface area contributed by atoms with E-state index in [0.29, 0.717) is 38.2 Å². The lowest BCUT2D eigenvalue weighted by atomic mass is 9.71. The molecule has 0 radical (unpaired) electrons. The Labute approximate surface area is 200 Å². The molecule has 0 aromatic heterocycles. The zero-order valence-electron chi connectivity index (χ0n) is 13.0. The molecule has 0 aliphatic rings. The van der Waals surface area contributed by atoms with E-state index in [-0.39, 0.29) is 11.5 Å². The number of rotatable bonds is 5. The minimum absolute atomic E-state index is 0.163. The van der Waals surface area contributed by atoms with Gasteiger partial charge in [-0.05, 0) is 132 Å². The maximum Gasteiger partial charge on any atom is 0.318 e. The van der Waals surface area contributed by atoms with E-state index in [9.17, 15) is 20.1 Å². The Kier molecular flexibility index (Phi) is 7.50. The zero-order valence-corrected chi connectivity index (χ0v) is 21.6. The first-order valence-corrected chi connectivity index (χ1v) is 11.6. The fourth-order valence-corrected chi connectivity index (χ4v) is 6.34. The lowest BCUT2D eigenvalue weighted by Crippen LogP contribution is -2.37. The summed E-state index contributed by atoms with van der Waals surface area (Å²) < 4.78 is 2.46. The lowest BCUT2D eigenvalue weighted by molar-refractivity contribution is -0.142. The second-order valence-corrected chi connectivity index (χ2v) is 10.2. The molecular weight excluding hydrogens is 776 g/mol. The number of carbonyl (C=O) groups is 1. The third-order valence-electron chi connectivity index (χ3n) is 4.01. The molecule has 0 saturated carbocycles. The van der Waals surface area contributed by atoms with Crippen LogP contribution in [0.3, 0.4) is 0 Å². The zero-order chi connectivity index (χ0) is 18.9. The van der Waals surface area contributed by atoms with Crippen molar-refractivity contribution in [3.63, 3.8) is 0 Å². The molecule has 0 unspecified atom stereocenters. The molecule has 134 valence electrons. The monoisotopic (exact) mass is 790 g/mol. The second kappa shape index (κ2) is 8.63. The Morgan fingerprint density at radius 1 is 0.880 bits per heavy atom. The lowest BCUT2D eigenvalue weighted by Gasteiger charge is -2.31. The Morgan fingerprint density at radius 3 is 1.44 bits per heavy atom. The Balaban J connectivity index is 2.86. The van der Waals surface area contributed by atoms with Gasteiger partial charge in [-0.25, -0.2) is 0 Å². The van der Waals surface area contributed by atoms with Crippen LogP contribution in [0.4, 0.5) is 0 Å². The van der Waals surface area contributed by atoms with E-state index < -0.39 is 11.4 Å². The van der Waals surface area contributed by atoms with Crippen molar-refractivity contribution in [3.8, 4) is 11.5 Å². The smallest absolute Gasteiger partial charge is 0.318 e. The number of hydrogen-bond acceptors (Lipinski definition) is 3. The van der Waals surface area contributed by atoms with E-state index in [0.717, 1.165) is 0 Å². The molecule has 25 heavy (non-hydrogen) atoms. The highest BCUT2D eigenvalue weighted by atomic mass is 127. The van der Waals surface area contributed by atoms with Crippen molar-refractivity contribution < 1.29 is 20.1 Å². The van der Waals surface area contributed by atoms with Crippen molar-refractivity contribution in [2.45, 2.75) is 25.2 Å². The molecule has 0 spiro atoms. The van der Waals surface area contributed by atoms with Gasteiger partial charge < -0.3 is 15.3 Å². The summed E-state index contributed by atoms with van der Waals surface area (Å²) in [6.45, 7) is 1.95. The van der Waals surface area contributed by atoms with Crippen LogP contribution in [0.2, 0.25) is 0 Å². The Bertz CT molecular complexity index is 732. The normalized spacial score (nSPS) is 11.6. The SMILES string of the molecule is CCCC(C(=O)O)(c1cc(I)c(O)c(I)c1)c1cc(I)c(O)c(I)c1. The molecular formula is C17H14I4O4. The van der Waals surface area contributed by atoms with Crippen LogP contribution in [-0.4, -0.2) is 21.3 Å². The molecule has 2 aromatic carbocycles. The average Bonchev–Trinajstić information content (AvgIpc) is 2.54. The van der Waals surface area contributed by atoms with Gasteiger partial charge >= 0.3 is 5.97 Å². The van der Waals surface area contributed by atoms with Crippen molar-refractivity contribution in [3.05, 3.63) is 49.7 Å². The molecule has 0 amide bonds. The largest absolute Gasteiger partial charge is 0.506 e. The summed E-state index contributed by atoms with van der Waals surface area (Å²) in [5, 5.41) is 30.4. The quantitative estimate of drug-likeness (QED) is 0.341. The summed E-state index contributed by atoms with van der Waals surface area (Å²) in [6.07, 6.45) is 1.09. The van der Waals surface area contributed by atoms with Gasteiger partial charge in [-0.2, -0.15) is 0 Å². The maximum atomic E-state index is 12.5. The highest BCUT2D eigenvalue weighted by Crippen LogP contribution is 2.43. The first-order chi connectivity index (χ1) is 11.6. The predicted molar refractivity (Wildman–Crippen MR) is 130 cm³/mol. The fourth-order valence-electron chi connectivity index (χ4n) is 2.81. The van der Waals surface area contributed by atoms with Crippen LogP contribution in [0, 0.1) is 14.3 Å². The molecule has 2 rings (SSSR count). The number of benzene rings is 2. The summed E-state index contributed by atoms with van der Waals surface area (Å²) in [6, 6.07) is 6.92. The van der Waals surface area contributed by atoms with E-state index in [4.69, 9.17) is 0 Å². The number of phenols is 2. The van der Waals surface area contributed by atoms with Gasteiger partial charge in [-0.15, -0.1) is 0 Å². The van der Waals surface area contributed by atoms with Crippen molar-refractivity contribution in [1.82, 2.24) is 0 Å². The minimum atomic E-state index is -1.24. The van der Waals surface area contributed by atoms with Crippen LogP contribution in [0.5, 0.6) is 11.5 Å². The summed E-state index contributed by atoms with van der Waals surface area (Å²) >= 11 is 8.06. The van der Waals surface area contributed by atoms with Crippen molar-refractivity contribution in [2.24, 2.45) is 0 Å². The summed E-state index contributed by atoms with van der Waals surface area (Å²) in [5.41, 5.74) is 0.0204. The summed E-state index contributed by atoms with van der Waals surface area (Å²) in [4.78, 5) is 12.5. The van der Waals surface area contributed by atoms with E-state index in [1.54, 1.807) is 24.3 Å². The van der Waals surface area contributed by atoms with Crippen LogP contribution in [0.25, 0.3) is 0 Å². The molecule has 0 aliphatic carbocycles. The van der Waals surface area contributed by atoms with E-state index >= 15 is 0 Å². The van der Waals surface area contributed by atoms with Crippen LogP contribution in [-0.2, 0) is 10.2 Å². The van der Waals surface area contributed by atoms with E-state index in [1.807, 2.05) is 97.3 Å². The molecule has 3 N–H and O–H groups in total. The van der Waals surface area contributed by atoms with Gasteiger partial charge in [-0.3, -0.25) is 4.79 Å². The van der Waals surface area contributed by atoms with Gasteiger partial charge in [0.15, 0.2) is 0 Å². The third-order valence-corrected chi connectivity index (χ3v) is 7.30. The number of halogens is 4. The summed E-state index contributed by atoms with van der Waals surface area (Å²) in [7, 11) is 0. The number of aromatic hydroxyl groups is 2. The van der Waals surface area contributed by atoms with Crippen LogP contribution in [0.1, 0.15) is 30.9 Å². The molecule has 0 fully saturated rings. The summed E-state index contributed by atoms with van der Waals surface area (Å²) in [5.74, 6) is -0.616. The van der Waals surface area contributed by atoms with Gasteiger partial charge in [0.05, 0.1) is 14.3 Å². The Hall–Kier alpha value is 0.430. The molecule has 2 aromatic rings.